The molecule has 4 heteroatoms. The molecule has 2 aliphatic heterocycles. The van der Waals surface area contributed by atoms with E-state index < -0.39 is 0 Å². The number of benzene rings is 2. The molecule has 0 radical (unpaired) electrons. The monoisotopic (exact) mass is 392 g/mol. The standard InChI is InChI=1S/C25H32N2O2/c1-19-3-5-21(6-4-19)17-26-15-14-24-22(18-26)9-12-25(28)27(24)16-13-20-7-10-23(29-2)11-8-20/h3-8,10-11,22,24H,9,12-18H2,1-2H3/t22-,24+/m0/s1. The normalized spacial score (nSPS) is 22.4. The van der Waals surface area contributed by atoms with E-state index in [-0.39, 0.29) is 0 Å². The maximum absolute atomic E-state index is 12.7. The van der Waals surface area contributed by atoms with Gasteiger partial charge in [0.05, 0.1) is 7.11 Å². The van der Waals surface area contributed by atoms with Crippen molar-refractivity contribution < 1.29 is 9.53 Å². The highest BCUT2D eigenvalue weighted by Gasteiger charge is 2.38. The number of carbonyl (C=O) groups excluding carboxylic acids is 1. The second-order valence-electron chi connectivity index (χ2n) is 8.56. The van der Waals surface area contributed by atoms with Crippen molar-refractivity contribution in [3.63, 3.8) is 0 Å². The quantitative estimate of drug-likeness (QED) is 0.743. The van der Waals surface area contributed by atoms with Crippen LogP contribution in [0.2, 0.25) is 0 Å². The maximum Gasteiger partial charge on any atom is 0.222 e. The first-order valence-corrected chi connectivity index (χ1v) is 10.8. The Morgan fingerprint density at radius 1 is 1.00 bits per heavy atom. The number of fused-ring (bicyclic) bond motifs is 1. The average molecular weight is 393 g/mol. The van der Waals surface area contributed by atoms with Crippen LogP contribution in [0.5, 0.6) is 5.75 Å². The van der Waals surface area contributed by atoms with Gasteiger partial charge in [-0.05, 0) is 55.4 Å². The molecule has 2 atom stereocenters. The Bertz CT molecular complexity index is 816. The predicted molar refractivity (Wildman–Crippen MR) is 116 cm³/mol. The Morgan fingerprint density at radius 3 is 2.45 bits per heavy atom. The van der Waals surface area contributed by atoms with Crippen LogP contribution in [0.25, 0.3) is 0 Å². The Labute approximate surface area is 174 Å². The van der Waals surface area contributed by atoms with Crippen LogP contribution >= 0.6 is 0 Å². The number of hydrogen-bond acceptors (Lipinski definition) is 3. The molecule has 2 aromatic rings. The molecular weight excluding hydrogens is 360 g/mol. The lowest BCUT2D eigenvalue weighted by atomic mass is 9.83. The SMILES string of the molecule is COc1ccc(CCN2C(=O)CC[C@H]3CN(Cc4ccc(C)cc4)CC[C@H]32)cc1. The molecule has 1 amide bonds. The van der Waals surface area contributed by atoms with Gasteiger partial charge < -0.3 is 9.64 Å². The number of ether oxygens (including phenoxy) is 1. The summed E-state index contributed by atoms with van der Waals surface area (Å²) in [6.45, 7) is 6.15. The highest BCUT2D eigenvalue weighted by atomic mass is 16.5. The third kappa shape index (κ3) is 4.81. The highest BCUT2D eigenvalue weighted by Crippen LogP contribution is 2.32. The van der Waals surface area contributed by atoms with Crippen molar-refractivity contribution in [3.8, 4) is 5.75 Å². The first-order valence-electron chi connectivity index (χ1n) is 10.8. The van der Waals surface area contributed by atoms with E-state index in [0.717, 1.165) is 51.2 Å². The Kier molecular flexibility index (Phi) is 6.19. The van der Waals surface area contributed by atoms with Gasteiger partial charge in [-0.25, -0.2) is 0 Å². The molecule has 154 valence electrons. The summed E-state index contributed by atoms with van der Waals surface area (Å²) in [6.07, 6.45) is 3.73. The zero-order valence-corrected chi connectivity index (χ0v) is 17.6. The van der Waals surface area contributed by atoms with Crippen molar-refractivity contribution >= 4 is 5.91 Å². The summed E-state index contributed by atoms with van der Waals surface area (Å²) < 4.78 is 5.24. The summed E-state index contributed by atoms with van der Waals surface area (Å²) in [5.41, 5.74) is 3.96. The topological polar surface area (TPSA) is 32.8 Å². The highest BCUT2D eigenvalue weighted by molar-refractivity contribution is 5.77. The summed E-state index contributed by atoms with van der Waals surface area (Å²) in [4.78, 5) is 17.4. The number of amides is 1. The summed E-state index contributed by atoms with van der Waals surface area (Å²) in [5.74, 6) is 1.82. The van der Waals surface area contributed by atoms with Gasteiger partial charge in [0.1, 0.15) is 5.75 Å². The van der Waals surface area contributed by atoms with Crippen molar-refractivity contribution in [1.82, 2.24) is 9.80 Å². The van der Waals surface area contributed by atoms with Crippen LogP contribution < -0.4 is 4.74 Å². The van der Waals surface area contributed by atoms with E-state index in [4.69, 9.17) is 4.74 Å². The van der Waals surface area contributed by atoms with E-state index in [9.17, 15) is 4.79 Å². The minimum Gasteiger partial charge on any atom is -0.497 e. The smallest absolute Gasteiger partial charge is 0.222 e. The lowest BCUT2D eigenvalue weighted by molar-refractivity contribution is -0.141. The second kappa shape index (κ2) is 9.00. The number of nitrogens with zero attached hydrogens (tertiary/aromatic N) is 2. The zero-order valence-electron chi connectivity index (χ0n) is 17.6. The van der Waals surface area contributed by atoms with Crippen LogP contribution in [0.3, 0.4) is 0 Å². The molecule has 2 saturated heterocycles. The van der Waals surface area contributed by atoms with Gasteiger partial charge in [0.25, 0.3) is 0 Å². The maximum atomic E-state index is 12.7. The van der Waals surface area contributed by atoms with Gasteiger partial charge in [-0.3, -0.25) is 9.69 Å². The van der Waals surface area contributed by atoms with Crippen LogP contribution in [0.4, 0.5) is 0 Å². The number of methoxy groups -OCH3 is 1. The number of likely N-dealkylation sites (tertiary alicyclic amines) is 2. The van der Waals surface area contributed by atoms with E-state index in [1.54, 1.807) is 7.11 Å². The minimum atomic E-state index is 0.340. The first kappa shape index (κ1) is 20.0. The molecule has 2 aliphatic rings. The minimum absolute atomic E-state index is 0.340. The number of carbonyl (C=O) groups is 1. The third-order valence-electron chi connectivity index (χ3n) is 6.55. The van der Waals surface area contributed by atoms with Crippen LogP contribution in [0.1, 0.15) is 36.0 Å². The molecule has 29 heavy (non-hydrogen) atoms. The molecule has 4 nitrogen and oxygen atoms in total. The molecule has 0 N–H and O–H groups in total. The van der Waals surface area contributed by atoms with Crippen LogP contribution in [0, 0.1) is 12.8 Å². The first-order chi connectivity index (χ1) is 14.1. The van der Waals surface area contributed by atoms with E-state index >= 15 is 0 Å². The van der Waals surface area contributed by atoms with Gasteiger partial charge >= 0.3 is 0 Å². The van der Waals surface area contributed by atoms with E-state index in [0.29, 0.717) is 24.3 Å². The molecule has 2 aromatic carbocycles. The van der Waals surface area contributed by atoms with E-state index in [1.165, 1.54) is 16.7 Å². The van der Waals surface area contributed by atoms with Crippen LogP contribution in [-0.4, -0.2) is 48.5 Å². The molecule has 0 bridgehead atoms. The molecule has 0 spiro atoms. The molecule has 0 aromatic heterocycles. The number of hydrogen-bond donors (Lipinski definition) is 0. The summed E-state index contributed by atoms with van der Waals surface area (Å²) >= 11 is 0. The van der Waals surface area contributed by atoms with Gasteiger partial charge in [0, 0.05) is 38.6 Å². The zero-order chi connectivity index (χ0) is 20.2. The Balaban J connectivity index is 1.35. The molecule has 0 saturated carbocycles. The summed E-state index contributed by atoms with van der Waals surface area (Å²) in [5, 5.41) is 0. The molecule has 2 fully saturated rings. The van der Waals surface area contributed by atoms with Crippen molar-refractivity contribution in [2.45, 2.75) is 45.2 Å². The fourth-order valence-electron chi connectivity index (χ4n) is 4.85. The van der Waals surface area contributed by atoms with E-state index in [1.807, 2.05) is 12.1 Å². The lowest BCUT2D eigenvalue weighted by Crippen LogP contribution is -2.56. The number of piperidine rings is 2. The fraction of sp³-hybridized carbons (Fsp3) is 0.480. The van der Waals surface area contributed by atoms with Gasteiger partial charge in [-0.1, -0.05) is 42.0 Å². The molecule has 4 rings (SSSR count). The van der Waals surface area contributed by atoms with E-state index in [2.05, 4.69) is 53.1 Å². The largest absolute Gasteiger partial charge is 0.497 e. The molecule has 2 heterocycles. The van der Waals surface area contributed by atoms with Crippen molar-refractivity contribution in [3.05, 3.63) is 65.2 Å². The van der Waals surface area contributed by atoms with Crippen molar-refractivity contribution in [2.24, 2.45) is 5.92 Å². The fourth-order valence-corrected chi connectivity index (χ4v) is 4.85. The summed E-state index contributed by atoms with van der Waals surface area (Å²) in [6, 6.07) is 17.5. The summed E-state index contributed by atoms with van der Waals surface area (Å²) in [7, 11) is 1.69. The van der Waals surface area contributed by atoms with Crippen molar-refractivity contribution in [1.29, 1.82) is 0 Å². The van der Waals surface area contributed by atoms with Gasteiger partial charge in [-0.2, -0.15) is 0 Å². The van der Waals surface area contributed by atoms with Gasteiger partial charge in [0.2, 0.25) is 5.91 Å². The molecule has 0 aliphatic carbocycles. The Hall–Kier alpha value is -2.33. The van der Waals surface area contributed by atoms with Crippen LogP contribution in [-0.2, 0) is 17.8 Å². The number of aryl methyl sites for hydroxylation is 1. The molecule has 0 unspecified atom stereocenters. The predicted octanol–water partition coefficient (Wildman–Crippen LogP) is 4.06. The van der Waals surface area contributed by atoms with Gasteiger partial charge in [0.15, 0.2) is 0 Å². The second-order valence-corrected chi connectivity index (χ2v) is 8.56. The van der Waals surface area contributed by atoms with Crippen molar-refractivity contribution in [2.75, 3.05) is 26.7 Å². The third-order valence-corrected chi connectivity index (χ3v) is 6.55. The number of rotatable bonds is 6. The molecular formula is C25H32N2O2. The average Bonchev–Trinajstić information content (AvgIpc) is 2.75. The Morgan fingerprint density at radius 2 is 1.72 bits per heavy atom. The lowest BCUT2D eigenvalue weighted by Gasteiger charge is -2.47. The van der Waals surface area contributed by atoms with Gasteiger partial charge in [-0.15, -0.1) is 0 Å². The van der Waals surface area contributed by atoms with Crippen LogP contribution in [0.15, 0.2) is 48.5 Å².